The minimum absolute atomic E-state index is 0. The molecule has 0 unspecified atom stereocenters. The average Bonchev–Trinajstić information content (AvgIpc) is 3.47. The van der Waals surface area contributed by atoms with Crippen LogP contribution in [0.4, 0.5) is 0 Å². The van der Waals surface area contributed by atoms with Crippen molar-refractivity contribution in [1.82, 2.24) is 0 Å². The number of rotatable bonds is 64. The Balaban J connectivity index is -0.00000152. The Labute approximate surface area is 545 Å². The topological polar surface area (TPSA) is 86.7 Å². The zero-order chi connectivity index (χ0) is 59.8. The molecule has 7 heteroatoms. The number of carbonyl (C=O) groups excluding carboxylic acids is 4. The van der Waals surface area contributed by atoms with E-state index in [9.17, 15) is 19.2 Å². The number of hydrogen-bond acceptors (Lipinski definition) is 6. The summed E-state index contributed by atoms with van der Waals surface area (Å²) in [6.07, 6.45) is 91.0. The minimum Gasteiger partial charge on any atom is -0.366 e. The van der Waals surface area contributed by atoms with Gasteiger partial charge >= 0.3 is 37.7 Å². The predicted octanol–water partition coefficient (Wildman–Crippen LogP) is 23.2. The third kappa shape index (κ3) is 79.8. The Morgan fingerprint density at radius 1 is 0.217 bits per heavy atom. The maximum atomic E-state index is 12.0. The van der Waals surface area contributed by atoms with Crippen molar-refractivity contribution in [2.75, 3.05) is 26.4 Å². The van der Waals surface area contributed by atoms with Crippen LogP contribution in [0.25, 0.3) is 0 Å². The zero-order valence-electron chi connectivity index (χ0n) is 55.2. The molecule has 0 aromatic rings. The molecule has 0 spiro atoms. The molecule has 0 rings (SSSR count). The average molecular weight is 1180 g/mol. The maximum Gasteiger partial charge on any atom is 2.00 e. The molecule has 472 valence electrons. The van der Waals surface area contributed by atoms with Gasteiger partial charge < -0.3 is 9.47 Å². The first-order valence-electron chi connectivity index (χ1n) is 34.8. The molecule has 6 nitrogen and oxygen atoms in total. The van der Waals surface area contributed by atoms with Gasteiger partial charge in [0.2, 0.25) is 0 Å². The van der Waals surface area contributed by atoms with Crippen LogP contribution in [0.1, 0.15) is 336 Å². The molecule has 0 amide bonds. The van der Waals surface area contributed by atoms with Gasteiger partial charge in [-0.05, 0) is 154 Å². The first kappa shape index (κ1) is 85.0. The summed E-state index contributed by atoms with van der Waals surface area (Å²) in [6.45, 7) is 9.33. The Hall–Kier alpha value is -2.22. The fraction of sp³-hybridized carbons (Fsp3) is 0.737. The standard InChI is InChI=1S/2C38H66O3.Ca/c2*1-3-5-7-9-11-13-15-17-19-21-23-25-27-29-31-33-37(39)35-41-36-38(40)34-32-30-28-26-24-22-20-18-16-14-12-10-8-6-4-2;/h2*11-14,17-20H,3-10,15-16,21-36H2,1-2H3;/q;;+2/b2*13-11+,14-12+,19-17+,20-18+;. The van der Waals surface area contributed by atoms with Crippen molar-refractivity contribution in [1.29, 1.82) is 0 Å². The van der Waals surface area contributed by atoms with Crippen LogP contribution < -0.4 is 0 Å². The molecule has 0 atom stereocenters. The molecule has 0 radical (unpaired) electrons. The Kier molecular flexibility index (Phi) is 79.7. The number of ether oxygens (including phenoxy) is 2. The fourth-order valence-corrected chi connectivity index (χ4v) is 9.38. The molecule has 0 saturated carbocycles. The number of carbonyl (C=O) groups is 4. The maximum absolute atomic E-state index is 12.0. The van der Waals surface area contributed by atoms with E-state index in [0.717, 1.165) is 103 Å². The van der Waals surface area contributed by atoms with E-state index in [4.69, 9.17) is 9.47 Å². The van der Waals surface area contributed by atoms with Gasteiger partial charge in [-0.2, -0.15) is 0 Å². The first-order valence-corrected chi connectivity index (χ1v) is 34.8. The predicted molar refractivity (Wildman–Crippen MR) is 365 cm³/mol. The Bertz CT molecular complexity index is 1380. The summed E-state index contributed by atoms with van der Waals surface area (Å²) in [4.78, 5) is 48.0. The van der Waals surface area contributed by atoms with Crippen molar-refractivity contribution in [3.8, 4) is 0 Å². The third-order valence-electron chi connectivity index (χ3n) is 14.7. The van der Waals surface area contributed by atoms with Gasteiger partial charge in [0, 0.05) is 25.7 Å². The normalized spacial score (nSPS) is 12.0. The molecule has 0 aromatic heterocycles. The number of allylic oxidation sites excluding steroid dienone is 16. The van der Waals surface area contributed by atoms with E-state index in [1.54, 1.807) is 0 Å². The summed E-state index contributed by atoms with van der Waals surface area (Å²) in [5.41, 5.74) is 0. The van der Waals surface area contributed by atoms with E-state index >= 15 is 0 Å². The molecule has 0 aliphatic heterocycles. The van der Waals surface area contributed by atoms with Gasteiger partial charge in [0.1, 0.15) is 26.4 Å². The van der Waals surface area contributed by atoms with Crippen molar-refractivity contribution < 1.29 is 28.7 Å². The number of ketones is 4. The first-order chi connectivity index (χ1) is 40.4. The molecule has 0 aromatic carbocycles. The summed E-state index contributed by atoms with van der Waals surface area (Å²) >= 11 is 0. The van der Waals surface area contributed by atoms with Crippen LogP contribution in [0.15, 0.2) is 97.2 Å². The molecule has 0 aliphatic rings. The van der Waals surface area contributed by atoms with Crippen molar-refractivity contribution in [2.45, 2.75) is 336 Å². The van der Waals surface area contributed by atoms with Crippen molar-refractivity contribution in [3.05, 3.63) is 97.2 Å². The number of hydrogen-bond donors (Lipinski definition) is 0. The molecule has 83 heavy (non-hydrogen) atoms. The van der Waals surface area contributed by atoms with E-state index < -0.39 is 0 Å². The third-order valence-corrected chi connectivity index (χ3v) is 14.7. The van der Waals surface area contributed by atoms with Crippen LogP contribution in [0.2, 0.25) is 0 Å². The smallest absolute Gasteiger partial charge is 0.366 e. The summed E-state index contributed by atoms with van der Waals surface area (Å²) in [5.74, 6) is 0.502. The summed E-state index contributed by atoms with van der Waals surface area (Å²) in [7, 11) is 0. The van der Waals surface area contributed by atoms with Gasteiger partial charge in [-0.1, -0.05) is 253 Å². The van der Waals surface area contributed by atoms with Crippen LogP contribution in [0, 0.1) is 0 Å². The van der Waals surface area contributed by atoms with Crippen molar-refractivity contribution >= 4 is 60.9 Å². The van der Waals surface area contributed by atoms with Gasteiger partial charge in [0.15, 0.2) is 23.1 Å². The number of unbranched alkanes of at least 4 members (excludes halogenated alkanes) is 32. The fourth-order valence-electron chi connectivity index (χ4n) is 9.38. The monoisotopic (exact) mass is 1180 g/mol. The number of Topliss-reactive ketones (excluding diaryl/α,β-unsaturated/α-hetero) is 4. The van der Waals surface area contributed by atoms with Gasteiger partial charge in [0.05, 0.1) is 0 Å². The van der Waals surface area contributed by atoms with Gasteiger partial charge in [-0.3, -0.25) is 19.2 Å². The van der Waals surface area contributed by atoms with Crippen LogP contribution in [-0.4, -0.2) is 87.3 Å². The molecule has 0 bridgehead atoms. The second-order valence-corrected chi connectivity index (χ2v) is 23.1. The largest absolute Gasteiger partial charge is 2.00 e. The molecule has 0 N–H and O–H groups in total. The zero-order valence-corrected chi connectivity index (χ0v) is 57.4. The Morgan fingerprint density at radius 3 is 0.554 bits per heavy atom. The second kappa shape index (κ2) is 77.8. The van der Waals surface area contributed by atoms with Crippen LogP contribution in [-0.2, 0) is 28.7 Å². The SMILES string of the molecule is CCCCC/C=C/C/C=C/CCCCCCCC(=O)COCC(=O)CCCCCCC/C=C/C/C=C/CCCCC.CCCCC/C=C/C/C=C/CCCCCCCC(=O)COCC(=O)CCCCCCC/C=C/C/C=C/CCCCC.[Ca+2]. The quantitative estimate of drug-likeness (QED) is 0.0343. The van der Waals surface area contributed by atoms with E-state index in [1.165, 1.54) is 180 Å². The second-order valence-electron chi connectivity index (χ2n) is 23.1. The Morgan fingerprint density at radius 2 is 0.373 bits per heavy atom. The molecule has 0 aliphatic carbocycles. The van der Waals surface area contributed by atoms with Gasteiger partial charge in [0.25, 0.3) is 0 Å². The molecule has 0 heterocycles. The molecule has 0 saturated heterocycles. The van der Waals surface area contributed by atoms with Gasteiger partial charge in [-0.25, -0.2) is 0 Å². The van der Waals surface area contributed by atoms with Crippen LogP contribution in [0.5, 0.6) is 0 Å². The van der Waals surface area contributed by atoms with E-state index in [1.807, 2.05) is 0 Å². The summed E-state index contributed by atoms with van der Waals surface area (Å²) < 4.78 is 10.8. The summed E-state index contributed by atoms with van der Waals surface area (Å²) in [6, 6.07) is 0. The minimum atomic E-state index is 0. The van der Waals surface area contributed by atoms with E-state index in [2.05, 4.69) is 125 Å². The molecular weight excluding hydrogens is 1050 g/mol. The van der Waals surface area contributed by atoms with Gasteiger partial charge in [-0.15, -0.1) is 0 Å². The van der Waals surface area contributed by atoms with Crippen LogP contribution >= 0.6 is 0 Å². The van der Waals surface area contributed by atoms with Crippen molar-refractivity contribution in [3.63, 3.8) is 0 Å². The van der Waals surface area contributed by atoms with Crippen LogP contribution in [0.3, 0.4) is 0 Å². The summed E-state index contributed by atoms with van der Waals surface area (Å²) in [5, 5.41) is 0. The van der Waals surface area contributed by atoms with E-state index in [0.29, 0.717) is 25.7 Å². The van der Waals surface area contributed by atoms with E-state index in [-0.39, 0.29) is 87.3 Å². The molecular formula is C76H132CaO6+2. The van der Waals surface area contributed by atoms with Crippen molar-refractivity contribution in [2.24, 2.45) is 0 Å². The molecule has 0 fully saturated rings.